The second-order valence-electron chi connectivity index (χ2n) is 8.83. The van der Waals surface area contributed by atoms with Crippen molar-refractivity contribution in [3.05, 3.63) is 72.0 Å². The maximum Gasteiger partial charge on any atom is 0.269 e. The first-order valence-corrected chi connectivity index (χ1v) is 13.9. The molecule has 0 fully saturated rings. The van der Waals surface area contributed by atoms with Gasteiger partial charge in [0.05, 0.1) is 31.9 Å². The minimum absolute atomic E-state index is 0.0593. The molecule has 1 aromatic carbocycles. The molecule has 0 unspecified atom stereocenters. The van der Waals surface area contributed by atoms with Gasteiger partial charge in [0.25, 0.3) is 5.91 Å². The summed E-state index contributed by atoms with van der Waals surface area (Å²) in [5.74, 6) is -1.04. The van der Waals surface area contributed by atoms with E-state index in [1.807, 2.05) is 0 Å². The van der Waals surface area contributed by atoms with Gasteiger partial charge in [-0.2, -0.15) is 0 Å². The number of rotatable bonds is 10. The molecule has 3 aromatic heterocycles. The fourth-order valence-corrected chi connectivity index (χ4v) is 5.62. The van der Waals surface area contributed by atoms with Gasteiger partial charge in [-0.05, 0) is 31.2 Å². The highest BCUT2D eigenvalue weighted by Crippen LogP contribution is 2.37. The fourth-order valence-electron chi connectivity index (χ4n) is 4.07. The minimum Gasteiger partial charge on any atom is -0.494 e. The summed E-state index contributed by atoms with van der Waals surface area (Å²) >= 11 is 0. The van der Waals surface area contributed by atoms with Gasteiger partial charge in [-0.15, -0.1) is 10.2 Å². The molecule has 2 atom stereocenters. The summed E-state index contributed by atoms with van der Waals surface area (Å²) in [6.07, 6.45) is 1.99. The van der Waals surface area contributed by atoms with E-state index < -0.39 is 38.5 Å². The molecule has 210 valence electrons. The van der Waals surface area contributed by atoms with E-state index in [0.29, 0.717) is 17.2 Å². The number of para-hydroxylation sites is 1. The number of halogens is 1. The summed E-state index contributed by atoms with van der Waals surface area (Å²) in [5, 5.41) is 10.1. The molecule has 0 aliphatic rings. The number of nitrogens with zero attached hydrogens (tertiary/aromatic N) is 6. The van der Waals surface area contributed by atoms with Gasteiger partial charge in [-0.1, -0.05) is 19.1 Å². The molecule has 0 spiro atoms. The Hall–Kier alpha value is -4.46. The van der Waals surface area contributed by atoms with Crippen molar-refractivity contribution >= 4 is 15.7 Å². The van der Waals surface area contributed by atoms with Crippen molar-refractivity contribution in [2.45, 2.75) is 30.8 Å². The third-order valence-corrected chi connectivity index (χ3v) is 8.64. The molecule has 0 saturated carbocycles. The Morgan fingerprint density at radius 2 is 1.65 bits per heavy atom. The quantitative estimate of drug-likeness (QED) is 0.302. The van der Waals surface area contributed by atoms with E-state index in [-0.39, 0.29) is 28.9 Å². The van der Waals surface area contributed by atoms with Crippen molar-refractivity contribution in [3.8, 4) is 28.7 Å². The third-order valence-electron chi connectivity index (χ3n) is 6.44. The van der Waals surface area contributed by atoms with E-state index >= 15 is 0 Å². The molecule has 1 amide bonds. The Labute approximate surface area is 230 Å². The Morgan fingerprint density at radius 1 is 1.02 bits per heavy atom. The van der Waals surface area contributed by atoms with E-state index in [4.69, 9.17) is 9.47 Å². The van der Waals surface area contributed by atoms with Crippen LogP contribution in [0.4, 0.5) is 4.39 Å². The summed E-state index contributed by atoms with van der Waals surface area (Å²) in [6, 6.07) is 9.89. The second-order valence-corrected chi connectivity index (χ2v) is 11.2. The van der Waals surface area contributed by atoms with Crippen molar-refractivity contribution < 1.29 is 27.1 Å². The van der Waals surface area contributed by atoms with Gasteiger partial charge >= 0.3 is 0 Å². The number of methoxy groups -OCH3 is 2. The van der Waals surface area contributed by atoms with Gasteiger partial charge in [0, 0.05) is 13.0 Å². The zero-order valence-corrected chi connectivity index (χ0v) is 23.3. The van der Waals surface area contributed by atoms with Gasteiger partial charge in [0.2, 0.25) is 0 Å². The summed E-state index contributed by atoms with van der Waals surface area (Å²) in [6.45, 7) is 3.19. The summed E-state index contributed by atoms with van der Waals surface area (Å²) in [4.78, 5) is 24.6. The average molecular weight is 570 g/mol. The van der Waals surface area contributed by atoms with Gasteiger partial charge in [0.15, 0.2) is 27.3 Å². The van der Waals surface area contributed by atoms with Gasteiger partial charge in [0.1, 0.15) is 40.2 Å². The summed E-state index contributed by atoms with van der Waals surface area (Å²) in [7, 11) is 0.525. The van der Waals surface area contributed by atoms with Crippen molar-refractivity contribution in [1.29, 1.82) is 0 Å². The first-order valence-electron chi connectivity index (χ1n) is 12.2. The van der Waals surface area contributed by atoms with Crippen molar-refractivity contribution in [2.75, 3.05) is 21.3 Å². The number of hydrogen-bond donors (Lipinski definition) is 1. The monoisotopic (exact) mass is 569 g/mol. The first kappa shape index (κ1) is 28.5. The Bertz CT molecular complexity index is 1600. The van der Waals surface area contributed by atoms with Gasteiger partial charge in [-0.25, -0.2) is 27.8 Å². The van der Waals surface area contributed by atoms with Crippen molar-refractivity contribution in [1.82, 2.24) is 35.0 Å². The molecule has 12 nitrogen and oxygen atoms in total. The normalized spacial score (nSPS) is 12.9. The van der Waals surface area contributed by atoms with E-state index in [2.05, 4.69) is 30.5 Å². The lowest BCUT2D eigenvalue weighted by Gasteiger charge is -2.20. The highest BCUT2D eigenvalue weighted by atomic mass is 32.2. The van der Waals surface area contributed by atoms with Crippen molar-refractivity contribution in [3.63, 3.8) is 0 Å². The molecule has 0 radical (unpaired) electrons. The zero-order chi connectivity index (χ0) is 29.0. The standard InChI is InChI=1S/C26H28FN7O5S/c1-15(24-29-12-17(27)13-30-24)16(2)40(36,37)14-22-32-33-25(18-8-6-9-19(31-18)26(35)28-3)34(22)23-20(38-4)10-7-11-21(23)39-5/h6-13,15-16H,14H2,1-5H3,(H,28,35)/t15-,16-/m0/s1. The number of nitrogens with one attached hydrogen (secondary N) is 1. The van der Waals surface area contributed by atoms with E-state index in [9.17, 15) is 17.6 Å². The number of carbonyl (C=O) groups excluding carboxylic acids is 1. The molecule has 40 heavy (non-hydrogen) atoms. The number of benzene rings is 1. The molecule has 4 aromatic rings. The molecule has 14 heteroatoms. The van der Waals surface area contributed by atoms with Crippen LogP contribution in [0.15, 0.2) is 48.8 Å². The van der Waals surface area contributed by atoms with Gasteiger partial charge in [-0.3, -0.25) is 9.36 Å². The number of sulfone groups is 1. The second kappa shape index (κ2) is 11.7. The summed E-state index contributed by atoms with van der Waals surface area (Å²) in [5.41, 5.74) is 0.760. The predicted molar refractivity (Wildman–Crippen MR) is 144 cm³/mol. The number of aromatic nitrogens is 6. The topological polar surface area (TPSA) is 151 Å². The van der Waals surface area contributed by atoms with Crippen LogP contribution < -0.4 is 14.8 Å². The smallest absolute Gasteiger partial charge is 0.269 e. The Morgan fingerprint density at radius 3 is 2.25 bits per heavy atom. The molecule has 0 bridgehead atoms. The molecular weight excluding hydrogens is 541 g/mol. The maximum absolute atomic E-state index is 13.7. The van der Waals surface area contributed by atoms with Crippen molar-refractivity contribution in [2.24, 2.45) is 0 Å². The molecule has 0 saturated heterocycles. The lowest BCUT2D eigenvalue weighted by Crippen LogP contribution is -2.27. The average Bonchev–Trinajstić information content (AvgIpc) is 3.37. The van der Waals surface area contributed by atoms with Crippen LogP contribution in [-0.4, -0.2) is 70.6 Å². The number of ether oxygens (including phenoxy) is 2. The molecule has 1 N–H and O–H groups in total. The number of pyridine rings is 1. The number of hydrogen-bond acceptors (Lipinski definition) is 10. The Balaban J connectivity index is 1.86. The highest BCUT2D eigenvalue weighted by molar-refractivity contribution is 7.91. The lowest BCUT2D eigenvalue weighted by atomic mass is 10.1. The van der Waals surface area contributed by atoms with Crippen LogP contribution in [0.1, 0.15) is 41.9 Å². The molecular formula is C26H28FN7O5S. The minimum atomic E-state index is -3.90. The van der Waals surface area contributed by atoms with Crippen LogP contribution in [0.5, 0.6) is 11.5 Å². The lowest BCUT2D eigenvalue weighted by molar-refractivity contribution is 0.0958. The Kier molecular flexibility index (Phi) is 8.38. The van der Waals surface area contributed by atoms with Crippen LogP contribution in [0.25, 0.3) is 17.2 Å². The number of amides is 1. The number of carbonyl (C=O) groups is 1. The predicted octanol–water partition coefficient (Wildman–Crippen LogP) is 2.74. The third kappa shape index (κ3) is 5.61. The SMILES string of the molecule is CNC(=O)c1cccc(-c2nnc(CS(=O)(=O)[C@@H](C)[C@H](C)c3ncc(F)cn3)n2-c2c(OC)cccc2OC)n1. The summed E-state index contributed by atoms with van der Waals surface area (Å²) < 4.78 is 53.3. The van der Waals surface area contributed by atoms with E-state index in [0.717, 1.165) is 12.4 Å². The molecule has 0 aliphatic carbocycles. The highest BCUT2D eigenvalue weighted by Gasteiger charge is 2.33. The van der Waals surface area contributed by atoms with Gasteiger partial charge < -0.3 is 14.8 Å². The van der Waals surface area contributed by atoms with Crippen LogP contribution in [0.3, 0.4) is 0 Å². The largest absolute Gasteiger partial charge is 0.494 e. The molecule has 4 rings (SSSR count). The molecule has 3 heterocycles. The van der Waals surface area contributed by atoms with Crippen LogP contribution in [0.2, 0.25) is 0 Å². The van der Waals surface area contributed by atoms with E-state index in [1.165, 1.54) is 32.8 Å². The van der Waals surface area contributed by atoms with Crippen LogP contribution in [0, 0.1) is 5.82 Å². The van der Waals surface area contributed by atoms with Crippen LogP contribution >= 0.6 is 0 Å². The fraction of sp³-hybridized carbons (Fsp3) is 0.308. The van der Waals surface area contributed by atoms with Crippen LogP contribution in [-0.2, 0) is 15.6 Å². The molecule has 0 aliphatic heterocycles. The maximum atomic E-state index is 13.7. The first-order chi connectivity index (χ1) is 19.1. The zero-order valence-electron chi connectivity index (χ0n) is 22.5. The van der Waals surface area contributed by atoms with E-state index in [1.54, 1.807) is 43.3 Å².